The summed E-state index contributed by atoms with van der Waals surface area (Å²) in [5.41, 5.74) is 0. The van der Waals surface area contributed by atoms with Gasteiger partial charge in [0.25, 0.3) is 0 Å². The van der Waals surface area contributed by atoms with Gasteiger partial charge in [0.2, 0.25) is 5.91 Å². The van der Waals surface area contributed by atoms with E-state index in [-0.39, 0.29) is 18.5 Å². The second-order valence-corrected chi connectivity index (χ2v) is 28.1. The molecule has 6 heteroatoms. The van der Waals surface area contributed by atoms with Crippen molar-refractivity contribution in [3.8, 4) is 0 Å². The molecule has 6 nitrogen and oxygen atoms in total. The van der Waals surface area contributed by atoms with Crippen LogP contribution in [-0.2, 0) is 14.3 Å². The molecule has 0 aliphatic heterocycles. The minimum atomic E-state index is -0.662. The van der Waals surface area contributed by atoms with E-state index in [1.807, 2.05) is 0 Å². The molecule has 0 aromatic heterocycles. The van der Waals surface area contributed by atoms with Crippen LogP contribution >= 0.6 is 0 Å². The quantitative estimate of drug-likeness (QED) is 0.0417. The lowest BCUT2D eigenvalue weighted by molar-refractivity contribution is -0.143. The Labute approximate surface area is 540 Å². The summed E-state index contributed by atoms with van der Waals surface area (Å²) in [6, 6.07) is -0.539. The van der Waals surface area contributed by atoms with Crippen LogP contribution in [0.4, 0.5) is 0 Å². The number of hydrogen-bond acceptors (Lipinski definition) is 5. The van der Waals surface area contributed by atoms with Crippen LogP contribution in [0.5, 0.6) is 0 Å². The van der Waals surface area contributed by atoms with Crippen molar-refractivity contribution in [2.45, 2.75) is 488 Å². The summed E-state index contributed by atoms with van der Waals surface area (Å²) in [5, 5.41) is 23.5. The molecule has 0 spiro atoms. The van der Waals surface area contributed by atoms with Gasteiger partial charge in [0, 0.05) is 12.8 Å². The molecule has 514 valence electrons. The zero-order valence-corrected chi connectivity index (χ0v) is 59.1. The summed E-state index contributed by atoms with van der Waals surface area (Å²) in [5.74, 6) is -0.0000974. The van der Waals surface area contributed by atoms with E-state index in [1.165, 1.54) is 405 Å². The highest BCUT2D eigenvalue weighted by atomic mass is 16.5. The lowest BCUT2D eigenvalue weighted by atomic mass is 10.0. The summed E-state index contributed by atoms with van der Waals surface area (Å²) in [7, 11) is 0. The second-order valence-electron chi connectivity index (χ2n) is 28.1. The monoisotopic (exact) mass is 1210 g/mol. The van der Waals surface area contributed by atoms with Crippen molar-refractivity contribution in [2.75, 3.05) is 13.2 Å². The Bertz CT molecular complexity index is 1260. The Morgan fingerprint density at radius 3 is 0.709 bits per heavy atom. The summed E-state index contributed by atoms with van der Waals surface area (Å²) in [6.07, 6.45) is 94.9. The van der Waals surface area contributed by atoms with E-state index in [0.29, 0.717) is 25.9 Å². The van der Waals surface area contributed by atoms with Crippen molar-refractivity contribution in [3.63, 3.8) is 0 Å². The zero-order valence-electron chi connectivity index (χ0n) is 59.1. The number of carbonyl (C=O) groups excluding carboxylic acids is 2. The van der Waals surface area contributed by atoms with E-state index in [1.54, 1.807) is 0 Å². The number of amides is 1. The smallest absolute Gasteiger partial charge is 0.305 e. The van der Waals surface area contributed by atoms with Crippen molar-refractivity contribution >= 4 is 11.9 Å². The number of aliphatic hydroxyl groups excluding tert-OH is 2. The molecule has 0 radical (unpaired) electrons. The van der Waals surface area contributed by atoms with Crippen molar-refractivity contribution < 1.29 is 24.5 Å². The molecule has 0 saturated carbocycles. The molecule has 0 aliphatic carbocycles. The first kappa shape index (κ1) is 84.9. The first-order valence-electron chi connectivity index (χ1n) is 40.3. The first-order chi connectivity index (χ1) is 42.5. The molecule has 0 fully saturated rings. The van der Waals surface area contributed by atoms with Gasteiger partial charge in [-0.15, -0.1) is 0 Å². The van der Waals surface area contributed by atoms with Gasteiger partial charge >= 0.3 is 5.97 Å². The Balaban J connectivity index is 3.32. The molecule has 0 saturated heterocycles. The molecule has 0 aliphatic rings. The minimum absolute atomic E-state index is 0.0238. The van der Waals surface area contributed by atoms with Crippen LogP contribution in [0.15, 0.2) is 0 Å². The average Bonchev–Trinajstić information content (AvgIpc) is 3.56. The third-order valence-corrected chi connectivity index (χ3v) is 19.4. The predicted molar refractivity (Wildman–Crippen MR) is 380 cm³/mol. The van der Waals surface area contributed by atoms with E-state index >= 15 is 0 Å². The molecule has 0 aromatic rings. The number of esters is 1. The highest BCUT2D eigenvalue weighted by Gasteiger charge is 2.20. The molecule has 2 atom stereocenters. The molecule has 0 heterocycles. The molecule has 1 amide bonds. The highest BCUT2D eigenvalue weighted by Crippen LogP contribution is 2.21. The molecule has 2 unspecified atom stereocenters. The third kappa shape index (κ3) is 71.9. The number of nitrogens with one attached hydrogen (secondary N) is 1. The lowest BCUT2D eigenvalue weighted by Crippen LogP contribution is -2.45. The normalized spacial score (nSPS) is 12.4. The fraction of sp³-hybridized carbons (Fsp3) is 0.975. The molecule has 86 heavy (non-hydrogen) atoms. The number of ether oxygens (including phenoxy) is 1. The van der Waals surface area contributed by atoms with Crippen LogP contribution in [0.1, 0.15) is 476 Å². The van der Waals surface area contributed by atoms with Gasteiger partial charge < -0.3 is 20.3 Å². The standard InChI is InChI=1S/C80H159NO5/c1-3-5-7-9-11-13-15-17-18-19-20-21-22-30-33-36-39-42-45-49-52-56-60-64-68-72-78(83)77(76-82)81-79(84)73-69-65-61-57-53-50-46-43-40-37-34-31-28-26-24-23-25-27-29-32-35-38-41-44-47-51-55-59-63-67-71-75-86-80(85)74-70-66-62-58-54-48-16-14-12-10-8-6-4-2/h77-78,82-83H,3-76H2,1-2H3,(H,81,84). The van der Waals surface area contributed by atoms with Gasteiger partial charge in [0.15, 0.2) is 0 Å². The van der Waals surface area contributed by atoms with Gasteiger partial charge in [-0.3, -0.25) is 9.59 Å². The van der Waals surface area contributed by atoms with E-state index in [2.05, 4.69) is 19.2 Å². The Morgan fingerprint density at radius 2 is 0.477 bits per heavy atom. The van der Waals surface area contributed by atoms with Crippen LogP contribution in [0.3, 0.4) is 0 Å². The van der Waals surface area contributed by atoms with Gasteiger partial charge in [-0.05, 0) is 25.7 Å². The van der Waals surface area contributed by atoms with Crippen LogP contribution in [0.25, 0.3) is 0 Å². The van der Waals surface area contributed by atoms with Gasteiger partial charge in [-0.25, -0.2) is 0 Å². The number of rotatable bonds is 77. The summed E-state index contributed by atoms with van der Waals surface area (Å²) >= 11 is 0. The SMILES string of the molecule is CCCCCCCCCCCCCCCCCCCCCCCCCCCC(O)C(CO)NC(=O)CCCCCCCCCCCCCCCCCCCCCCCCCCCCCCCCCOC(=O)CCCCCCCCCCCCCCC. The molecule has 0 bridgehead atoms. The van der Waals surface area contributed by atoms with E-state index < -0.39 is 12.1 Å². The molecule has 3 N–H and O–H groups in total. The number of unbranched alkanes of at least 4 members (excludes halogenated alkanes) is 66. The Hall–Kier alpha value is -1.14. The van der Waals surface area contributed by atoms with Crippen LogP contribution < -0.4 is 5.32 Å². The molecular formula is C80H159NO5. The van der Waals surface area contributed by atoms with Gasteiger partial charge in [0.1, 0.15) is 0 Å². The fourth-order valence-electron chi connectivity index (χ4n) is 13.3. The van der Waals surface area contributed by atoms with Gasteiger partial charge in [-0.2, -0.15) is 0 Å². The van der Waals surface area contributed by atoms with Crippen molar-refractivity contribution in [2.24, 2.45) is 0 Å². The lowest BCUT2D eigenvalue weighted by Gasteiger charge is -2.22. The minimum Gasteiger partial charge on any atom is -0.466 e. The molecular weight excluding hydrogens is 1050 g/mol. The third-order valence-electron chi connectivity index (χ3n) is 19.4. The largest absolute Gasteiger partial charge is 0.466 e. The van der Waals surface area contributed by atoms with Crippen LogP contribution in [0, 0.1) is 0 Å². The summed E-state index contributed by atoms with van der Waals surface area (Å²) in [6.45, 7) is 5.02. The maximum atomic E-state index is 12.6. The van der Waals surface area contributed by atoms with Crippen LogP contribution in [0.2, 0.25) is 0 Å². The van der Waals surface area contributed by atoms with Crippen molar-refractivity contribution in [1.82, 2.24) is 5.32 Å². The van der Waals surface area contributed by atoms with Crippen LogP contribution in [-0.4, -0.2) is 47.4 Å². The van der Waals surface area contributed by atoms with Gasteiger partial charge in [-0.1, -0.05) is 438 Å². The van der Waals surface area contributed by atoms with Crippen molar-refractivity contribution in [3.05, 3.63) is 0 Å². The predicted octanol–water partition coefficient (Wildman–Crippen LogP) is 26.5. The maximum absolute atomic E-state index is 12.6. The summed E-state index contributed by atoms with van der Waals surface area (Å²) < 4.78 is 5.50. The Kier molecular flexibility index (Phi) is 75.3. The van der Waals surface area contributed by atoms with Crippen molar-refractivity contribution in [1.29, 1.82) is 0 Å². The molecule has 0 rings (SSSR count). The maximum Gasteiger partial charge on any atom is 0.305 e. The highest BCUT2D eigenvalue weighted by molar-refractivity contribution is 5.76. The topological polar surface area (TPSA) is 95.9 Å². The number of carbonyl (C=O) groups is 2. The zero-order chi connectivity index (χ0) is 62.0. The first-order valence-corrected chi connectivity index (χ1v) is 40.3. The fourth-order valence-corrected chi connectivity index (χ4v) is 13.3. The number of aliphatic hydroxyl groups is 2. The second kappa shape index (κ2) is 76.3. The number of hydrogen-bond donors (Lipinski definition) is 3. The van der Waals surface area contributed by atoms with Gasteiger partial charge in [0.05, 0.1) is 25.4 Å². The van der Waals surface area contributed by atoms with E-state index in [9.17, 15) is 19.8 Å². The van der Waals surface area contributed by atoms with E-state index in [0.717, 1.165) is 38.5 Å². The molecule has 0 aromatic carbocycles. The van der Waals surface area contributed by atoms with E-state index in [4.69, 9.17) is 4.74 Å². The average molecular weight is 1220 g/mol. The Morgan fingerprint density at radius 1 is 0.279 bits per heavy atom. The summed E-state index contributed by atoms with van der Waals surface area (Å²) in [4.78, 5) is 24.6.